The second kappa shape index (κ2) is 6.77. The van der Waals surface area contributed by atoms with Crippen LogP contribution in [0.1, 0.15) is 19.0 Å². The fourth-order valence-electron chi connectivity index (χ4n) is 1.58. The van der Waals surface area contributed by atoms with Crippen LogP contribution in [0, 0.1) is 6.92 Å². The fraction of sp³-hybridized carbons (Fsp3) is 0.286. The molecule has 0 radical (unpaired) electrons. The van der Waals surface area contributed by atoms with Crippen LogP contribution < -0.4 is 10.1 Å². The van der Waals surface area contributed by atoms with Gasteiger partial charge in [-0.05, 0) is 31.5 Å². The van der Waals surface area contributed by atoms with Gasteiger partial charge in [0.1, 0.15) is 5.75 Å². The third-order valence-electron chi connectivity index (χ3n) is 2.47. The Kier molecular flexibility index (Phi) is 5.04. The van der Waals surface area contributed by atoms with E-state index in [1.165, 1.54) is 0 Å². The molecule has 0 saturated heterocycles. The normalized spacial score (nSPS) is 10.4. The van der Waals surface area contributed by atoms with E-state index in [9.17, 15) is 0 Å². The van der Waals surface area contributed by atoms with Crippen molar-refractivity contribution in [3.63, 3.8) is 0 Å². The van der Waals surface area contributed by atoms with Crippen LogP contribution in [0.4, 0.5) is 5.95 Å². The Morgan fingerprint density at radius 1 is 1.20 bits per heavy atom. The molecule has 6 heteroatoms. The molecule has 0 aliphatic rings. The molecule has 1 aromatic carbocycles. The van der Waals surface area contributed by atoms with E-state index < -0.39 is 0 Å². The van der Waals surface area contributed by atoms with Gasteiger partial charge in [0.2, 0.25) is 11.8 Å². The minimum absolute atomic E-state index is 0.442. The van der Waals surface area contributed by atoms with E-state index in [4.69, 9.17) is 27.9 Å². The van der Waals surface area contributed by atoms with Gasteiger partial charge in [0.05, 0.1) is 5.02 Å². The monoisotopic (exact) mass is 311 g/mol. The van der Waals surface area contributed by atoms with Crippen LogP contribution in [0.5, 0.6) is 11.6 Å². The second-order valence-corrected chi connectivity index (χ2v) is 5.12. The lowest BCUT2D eigenvalue weighted by molar-refractivity contribution is 0.462. The lowest BCUT2D eigenvalue weighted by atomic mass is 10.3. The van der Waals surface area contributed by atoms with Crippen molar-refractivity contribution < 1.29 is 4.74 Å². The smallest absolute Gasteiger partial charge is 0.226 e. The highest BCUT2D eigenvalue weighted by atomic mass is 35.5. The van der Waals surface area contributed by atoms with Gasteiger partial charge in [-0.15, -0.1) is 0 Å². The number of anilines is 1. The van der Waals surface area contributed by atoms with Crippen LogP contribution in [0.2, 0.25) is 10.0 Å². The van der Waals surface area contributed by atoms with Crippen molar-refractivity contribution in [1.82, 2.24) is 9.97 Å². The van der Waals surface area contributed by atoms with Crippen molar-refractivity contribution in [1.29, 1.82) is 0 Å². The molecule has 0 fully saturated rings. The van der Waals surface area contributed by atoms with E-state index in [2.05, 4.69) is 22.2 Å². The molecular weight excluding hydrogens is 297 g/mol. The third kappa shape index (κ3) is 3.99. The van der Waals surface area contributed by atoms with E-state index in [0.717, 1.165) is 18.7 Å². The Balaban J connectivity index is 2.21. The zero-order chi connectivity index (χ0) is 14.5. The van der Waals surface area contributed by atoms with Gasteiger partial charge in [0, 0.05) is 23.3 Å². The first kappa shape index (κ1) is 14.9. The summed E-state index contributed by atoms with van der Waals surface area (Å²) in [5, 5.41) is 4.13. The maximum absolute atomic E-state index is 6.07. The molecule has 106 valence electrons. The van der Waals surface area contributed by atoms with Crippen LogP contribution in [-0.2, 0) is 0 Å². The minimum Gasteiger partial charge on any atom is -0.437 e. The van der Waals surface area contributed by atoms with Gasteiger partial charge in [0.25, 0.3) is 0 Å². The summed E-state index contributed by atoms with van der Waals surface area (Å²) in [5.74, 6) is 1.50. The Morgan fingerprint density at radius 3 is 2.70 bits per heavy atom. The van der Waals surface area contributed by atoms with Crippen molar-refractivity contribution in [2.24, 2.45) is 0 Å². The molecule has 0 saturated carbocycles. The van der Waals surface area contributed by atoms with Gasteiger partial charge in [-0.25, -0.2) is 4.98 Å². The van der Waals surface area contributed by atoms with E-state index in [-0.39, 0.29) is 0 Å². The van der Waals surface area contributed by atoms with Crippen LogP contribution in [0.25, 0.3) is 0 Å². The zero-order valence-electron chi connectivity index (χ0n) is 11.3. The number of aromatic nitrogens is 2. The molecule has 0 amide bonds. The predicted molar refractivity (Wildman–Crippen MR) is 82.1 cm³/mol. The van der Waals surface area contributed by atoms with Crippen LogP contribution in [-0.4, -0.2) is 16.5 Å². The average molecular weight is 312 g/mol. The summed E-state index contributed by atoms with van der Waals surface area (Å²) in [7, 11) is 0. The third-order valence-corrected chi connectivity index (χ3v) is 3.00. The van der Waals surface area contributed by atoms with Crippen LogP contribution in [0.15, 0.2) is 24.3 Å². The van der Waals surface area contributed by atoms with Gasteiger partial charge in [-0.3, -0.25) is 0 Å². The largest absolute Gasteiger partial charge is 0.437 e. The molecule has 20 heavy (non-hydrogen) atoms. The summed E-state index contributed by atoms with van der Waals surface area (Å²) in [6.45, 7) is 4.77. The van der Waals surface area contributed by atoms with Crippen molar-refractivity contribution in [2.45, 2.75) is 20.3 Å². The molecule has 2 rings (SSSR count). The van der Waals surface area contributed by atoms with E-state index in [0.29, 0.717) is 27.6 Å². The van der Waals surface area contributed by atoms with Gasteiger partial charge in [-0.2, -0.15) is 4.98 Å². The number of nitrogens with zero attached hydrogens (tertiary/aromatic N) is 2. The quantitative estimate of drug-likeness (QED) is 0.869. The Hall–Kier alpha value is -1.52. The Morgan fingerprint density at radius 2 is 2.00 bits per heavy atom. The van der Waals surface area contributed by atoms with Crippen molar-refractivity contribution in [3.8, 4) is 11.6 Å². The van der Waals surface area contributed by atoms with Crippen molar-refractivity contribution in [3.05, 3.63) is 40.0 Å². The van der Waals surface area contributed by atoms with Gasteiger partial charge >= 0.3 is 0 Å². The van der Waals surface area contributed by atoms with Crippen molar-refractivity contribution >= 4 is 29.2 Å². The summed E-state index contributed by atoms with van der Waals surface area (Å²) in [6, 6.07) is 6.80. The fourth-order valence-corrected chi connectivity index (χ4v) is 2.03. The van der Waals surface area contributed by atoms with Gasteiger partial charge in [-0.1, -0.05) is 30.1 Å². The standard InChI is InChI=1S/C14H15Cl2N3O/c1-3-6-17-14-18-9(2)7-13(19-14)20-12-5-4-10(15)8-11(12)16/h4-5,7-8H,3,6H2,1-2H3,(H,17,18,19). The van der Waals surface area contributed by atoms with E-state index in [1.54, 1.807) is 24.3 Å². The molecule has 0 unspecified atom stereocenters. The zero-order valence-corrected chi connectivity index (χ0v) is 12.8. The number of hydrogen-bond donors (Lipinski definition) is 1. The molecule has 1 heterocycles. The lowest BCUT2D eigenvalue weighted by Crippen LogP contribution is -2.05. The number of halogens is 2. The van der Waals surface area contributed by atoms with Gasteiger partial charge in [0.15, 0.2) is 0 Å². The summed E-state index contributed by atoms with van der Waals surface area (Å²) in [6.07, 6.45) is 0.997. The average Bonchev–Trinajstić information content (AvgIpc) is 2.39. The topological polar surface area (TPSA) is 47.0 Å². The van der Waals surface area contributed by atoms with Crippen LogP contribution >= 0.6 is 23.2 Å². The molecule has 2 aromatic rings. The molecule has 0 bridgehead atoms. The summed E-state index contributed by atoms with van der Waals surface area (Å²) < 4.78 is 5.68. The first-order valence-corrected chi connectivity index (χ1v) is 7.06. The number of hydrogen-bond acceptors (Lipinski definition) is 4. The number of aryl methyl sites for hydroxylation is 1. The molecule has 1 aromatic heterocycles. The lowest BCUT2D eigenvalue weighted by Gasteiger charge is -2.09. The number of nitrogens with one attached hydrogen (secondary N) is 1. The van der Waals surface area contributed by atoms with Crippen molar-refractivity contribution in [2.75, 3.05) is 11.9 Å². The number of ether oxygens (including phenoxy) is 1. The maximum atomic E-state index is 6.07. The first-order valence-electron chi connectivity index (χ1n) is 6.31. The summed E-state index contributed by atoms with van der Waals surface area (Å²) >= 11 is 11.9. The van der Waals surface area contributed by atoms with Crippen LogP contribution in [0.3, 0.4) is 0 Å². The molecule has 0 spiro atoms. The summed E-state index contributed by atoms with van der Waals surface area (Å²) in [5.41, 5.74) is 0.818. The van der Waals surface area contributed by atoms with E-state index >= 15 is 0 Å². The molecule has 4 nitrogen and oxygen atoms in total. The molecule has 0 aliphatic carbocycles. The Bertz CT molecular complexity index is 605. The molecule has 0 aliphatic heterocycles. The highest BCUT2D eigenvalue weighted by Gasteiger charge is 2.07. The Labute approximate surface area is 128 Å². The highest BCUT2D eigenvalue weighted by molar-refractivity contribution is 6.35. The first-order chi connectivity index (χ1) is 9.58. The number of rotatable bonds is 5. The van der Waals surface area contributed by atoms with E-state index in [1.807, 2.05) is 6.92 Å². The minimum atomic E-state index is 0.442. The summed E-state index contributed by atoms with van der Waals surface area (Å²) in [4.78, 5) is 8.59. The predicted octanol–water partition coefficient (Wildman–Crippen LogP) is 4.71. The maximum Gasteiger partial charge on any atom is 0.226 e. The van der Waals surface area contributed by atoms with Gasteiger partial charge < -0.3 is 10.1 Å². The number of benzene rings is 1. The SMILES string of the molecule is CCCNc1nc(C)cc(Oc2ccc(Cl)cc2Cl)n1. The molecule has 1 N–H and O–H groups in total. The molecule has 0 atom stereocenters. The molecular formula is C14H15Cl2N3O. The second-order valence-electron chi connectivity index (χ2n) is 4.27. The highest BCUT2D eigenvalue weighted by Crippen LogP contribution is 2.31.